The predicted molar refractivity (Wildman–Crippen MR) is 80.1 cm³/mol. The van der Waals surface area contributed by atoms with Crippen LogP contribution in [0.4, 0.5) is 0 Å². The van der Waals surface area contributed by atoms with Gasteiger partial charge in [0.1, 0.15) is 0 Å². The van der Waals surface area contributed by atoms with Gasteiger partial charge in [0.25, 0.3) is 0 Å². The fourth-order valence-corrected chi connectivity index (χ4v) is 3.60. The quantitative estimate of drug-likeness (QED) is 0.329. The Hall–Kier alpha value is 0.530. The fraction of sp³-hybridized carbons (Fsp3) is 0.667. The summed E-state index contributed by atoms with van der Waals surface area (Å²) in [6, 6.07) is 0. The molecule has 0 aromatic rings. The highest BCUT2D eigenvalue weighted by Crippen LogP contribution is 2.36. The molecule has 0 aromatic carbocycles. The van der Waals surface area contributed by atoms with Gasteiger partial charge in [-0.15, -0.1) is 0 Å². The summed E-state index contributed by atoms with van der Waals surface area (Å²) >= 11 is 0. The molecule has 0 radical (unpaired) electrons. The Bertz CT molecular complexity index is 146. The van der Waals surface area contributed by atoms with Gasteiger partial charge < -0.3 is 0 Å². The first-order chi connectivity index (χ1) is 7.41. The zero-order valence-electron chi connectivity index (χ0n) is 9.78. The van der Waals surface area contributed by atoms with Crippen molar-refractivity contribution >= 4 is 31.4 Å². The molecule has 3 heteroatoms. The van der Waals surface area contributed by atoms with Crippen LogP contribution in [0.25, 0.3) is 0 Å². The zero-order chi connectivity index (χ0) is 11.2. The minimum Gasteiger partial charge on any atom is -0.0773 e. The molecule has 0 saturated heterocycles. The van der Waals surface area contributed by atoms with Gasteiger partial charge in [-0.1, -0.05) is 73.3 Å². The van der Waals surface area contributed by atoms with E-state index in [-0.39, 0.29) is 0 Å². The summed E-state index contributed by atoms with van der Waals surface area (Å²) < 4.78 is 0. The molecule has 0 aliphatic heterocycles. The van der Waals surface area contributed by atoms with Gasteiger partial charge in [-0.05, 0) is 33.5 Å². The average molecular weight is 263 g/mol. The lowest BCUT2D eigenvalue weighted by molar-refractivity contribution is 0.815. The second-order valence-electron chi connectivity index (χ2n) is 3.29. The standard InChI is InChI=1S/C12H22S3/c1-3-5-7-9-11-13-15-14-12-10-8-6-4-2/h9-12H,3-8H2,1-2H3/b11-9+,12-10+. The van der Waals surface area contributed by atoms with E-state index in [0.29, 0.717) is 0 Å². The number of unbranched alkanes of at least 4 members (excludes halogenated alkanes) is 4. The molecular formula is C12H22S3. The van der Waals surface area contributed by atoms with E-state index >= 15 is 0 Å². The van der Waals surface area contributed by atoms with Crippen LogP contribution in [0.2, 0.25) is 0 Å². The van der Waals surface area contributed by atoms with Crippen LogP contribution in [0.1, 0.15) is 52.4 Å². The molecular weight excluding hydrogens is 240 g/mol. The fourth-order valence-electron chi connectivity index (χ4n) is 0.927. The molecule has 0 fully saturated rings. The third kappa shape index (κ3) is 14.5. The zero-order valence-corrected chi connectivity index (χ0v) is 12.2. The lowest BCUT2D eigenvalue weighted by Crippen LogP contribution is -1.64. The Labute approximate surface area is 107 Å². The van der Waals surface area contributed by atoms with Crippen molar-refractivity contribution in [1.82, 2.24) is 0 Å². The maximum Gasteiger partial charge on any atom is -0.0158 e. The minimum absolute atomic E-state index is 1.22. The summed E-state index contributed by atoms with van der Waals surface area (Å²) in [5.74, 6) is 0. The number of hydrogen-bond acceptors (Lipinski definition) is 3. The molecule has 0 saturated carbocycles. The van der Waals surface area contributed by atoms with Crippen LogP contribution in [0.5, 0.6) is 0 Å². The average Bonchev–Trinajstić information content (AvgIpc) is 2.26. The first-order valence-electron chi connectivity index (χ1n) is 5.70. The molecule has 0 spiro atoms. The molecule has 0 aliphatic carbocycles. The monoisotopic (exact) mass is 262 g/mol. The van der Waals surface area contributed by atoms with Crippen molar-refractivity contribution in [2.45, 2.75) is 52.4 Å². The van der Waals surface area contributed by atoms with Gasteiger partial charge in [-0.2, -0.15) is 0 Å². The van der Waals surface area contributed by atoms with Gasteiger partial charge in [-0.3, -0.25) is 0 Å². The number of allylic oxidation sites excluding steroid dienone is 2. The van der Waals surface area contributed by atoms with Crippen LogP contribution >= 0.6 is 31.4 Å². The van der Waals surface area contributed by atoms with Crippen LogP contribution in [-0.2, 0) is 0 Å². The van der Waals surface area contributed by atoms with Crippen LogP contribution in [-0.4, -0.2) is 0 Å². The van der Waals surface area contributed by atoms with E-state index in [4.69, 9.17) is 0 Å². The smallest absolute Gasteiger partial charge is 0.0158 e. The van der Waals surface area contributed by atoms with Crippen LogP contribution in [0.3, 0.4) is 0 Å². The maximum atomic E-state index is 2.27. The molecule has 0 amide bonds. The highest BCUT2D eigenvalue weighted by Gasteiger charge is 1.83. The molecule has 0 bridgehead atoms. The Morgan fingerprint density at radius 3 is 1.67 bits per heavy atom. The molecule has 0 atom stereocenters. The molecule has 0 N–H and O–H groups in total. The lowest BCUT2D eigenvalue weighted by atomic mass is 10.2. The van der Waals surface area contributed by atoms with Gasteiger partial charge >= 0.3 is 0 Å². The van der Waals surface area contributed by atoms with Crippen molar-refractivity contribution in [3.63, 3.8) is 0 Å². The van der Waals surface area contributed by atoms with E-state index < -0.39 is 0 Å². The van der Waals surface area contributed by atoms with E-state index in [2.05, 4.69) is 36.8 Å². The topological polar surface area (TPSA) is 0 Å². The normalized spacial score (nSPS) is 11.9. The van der Waals surface area contributed by atoms with Gasteiger partial charge in [-0.25, -0.2) is 0 Å². The van der Waals surface area contributed by atoms with E-state index in [0.717, 1.165) is 0 Å². The van der Waals surface area contributed by atoms with Crippen LogP contribution in [0, 0.1) is 0 Å². The first kappa shape index (κ1) is 15.5. The van der Waals surface area contributed by atoms with E-state index in [1.54, 1.807) is 0 Å². The second kappa shape index (κ2) is 14.5. The number of rotatable bonds is 10. The second-order valence-corrected chi connectivity index (χ2v) is 7.14. The SMILES string of the molecule is CCCC/C=C/SSS/C=C/CCCC. The van der Waals surface area contributed by atoms with E-state index in [1.165, 1.54) is 38.5 Å². The molecule has 88 valence electrons. The molecule has 0 nitrogen and oxygen atoms in total. The number of hydrogen-bond donors (Lipinski definition) is 0. The van der Waals surface area contributed by atoms with Crippen molar-refractivity contribution in [2.75, 3.05) is 0 Å². The van der Waals surface area contributed by atoms with Crippen LogP contribution in [0.15, 0.2) is 23.0 Å². The van der Waals surface area contributed by atoms with Gasteiger partial charge in [0.05, 0.1) is 0 Å². The predicted octanol–water partition coefficient (Wildman–Crippen LogP) is 6.42. The Morgan fingerprint density at radius 1 is 0.800 bits per heavy atom. The summed E-state index contributed by atoms with van der Waals surface area (Å²) in [7, 11) is 5.46. The van der Waals surface area contributed by atoms with Gasteiger partial charge in [0.15, 0.2) is 0 Å². The van der Waals surface area contributed by atoms with Crippen molar-refractivity contribution in [1.29, 1.82) is 0 Å². The molecule has 0 aliphatic rings. The summed E-state index contributed by atoms with van der Waals surface area (Å²) in [5, 5.41) is 4.40. The van der Waals surface area contributed by atoms with Gasteiger partial charge in [0.2, 0.25) is 0 Å². The molecule has 0 rings (SSSR count). The van der Waals surface area contributed by atoms with Crippen molar-refractivity contribution in [3.05, 3.63) is 23.0 Å². The Morgan fingerprint density at radius 2 is 1.27 bits per heavy atom. The molecule has 0 heterocycles. The Kier molecular flexibility index (Phi) is 15.0. The van der Waals surface area contributed by atoms with Crippen molar-refractivity contribution < 1.29 is 0 Å². The third-order valence-electron chi connectivity index (χ3n) is 1.83. The summed E-state index contributed by atoms with van der Waals surface area (Å²) in [6.07, 6.45) is 12.2. The van der Waals surface area contributed by atoms with Gasteiger partial charge in [0, 0.05) is 0 Å². The summed E-state index contributed by atoms with van der Waals surface area (Å²) in [5.41, 5.74) is 0. The highest BCUT2D eigenvalue weighted by molar-refractivity contribution is 9.10. The van der Waals surface area contributed by atoms with E-state index in [9.17, 15) is 0 Å². The first-order valence-corrected chi connectivity index (χ1v) is 9.31. The summed E-state index contributed by atoms with van der Waals surface area (Å²) in [4.78, 5) is 0. The third-order valence-corrected chi connectivity index (χ3v) is 5.15. The Balaban J connectivity index is 3.10. The summed E-state index contributed by atoms with van der Waals surface area (Å²) in [6.45, 7) is 4.46. The van der Waals surface area contributed by atoms with Crippen LogP contribution < -0.4 is 0 Å². The van der Waals surface area contributed by atoms with Crippen molar-refractivity contribution in [2.24, 2.45) is 0 Å². The molecule has 0 unspecified atom stereocenters. The minimum atomic E-state index is 1.22. The molecule has 15 heavy (non-hydrogen) atoms. The largest absolute Gasteiger partial charge is 0.0773 e. The lowest BCUT2D eigenvalue weighted by Gasteiger charge is -1.91. The maximum absolute atomic E-state index is 2.27. The highest BCUT2D eigenvalue weighted by atomic mass is 33.5. The van der Waals surface area contributed by atoms with E-state index in [1.807, 2.05) is 31.4 Å². The molecule has 0 aromatic heterocycles. The van der Waals surface area contributed by atoms with Crippen molar-refractivity contribution in [3.8, 4) is 0 Å².